The van der Waals surface area contributed by atoms with Gasteiger partial charge in [0.15, 0.2) is 0 Å². The highest BCUT2D eigenvalue weighted by atomic mass is 19.3. The molecule has 0 radical (unpaired) electrons. The quantitative estimate of drug-likeness (QED) is 0.625. The molecule has 35 heavy (non-hydrogen) atoms. The highest BCUT2D eigenvalue weighted by Crippen LogP contribution is 2.56. The molecule has 3 atom stereocenters. The first kappa shape index (κ1) is 23.3. The number of nitrogens with one attached hydrogen (secondary N) is 1. The number of halogens is 2. The van der Waals surface area contributed by atoms with E-state index in [0.29, 0.717) is 6.42 Å². The molecule has 2 N–H and O–H groups in total. The summed E-state index contributed by atoms with van der Waals surface area (Å²) in [5.41, 5.74) is 4.27. The van der Waals surface area contributed by atoms with E-state index in [1.54, 1.807) is 0 Å². The highest BCUT2D eigenvalue weighted by molar-refractivity contribution is 5.84. The first-order valence-electron chi connectivity index (χ1n) is 11.7. The molecule has 1 saturated carbocycles. The summed E-state index contributed by atoms with van der Waals surface area (Å²) >= 11 is 0. The third-order valence-electron chi connectivity index (χ3n) is 7.34. The van der Waals surface area contributed by atoms with Gasteiger partial charge in [-0.3, -0.25) is 9.59 Å². The number of carbonyl (C=O) groups excluding carboxylic acids is 2. The number of alkyl halides is 2. The van der Waals surface area contributed by atoms with Crippen molar-refractivity contribution in [3.05, 3.63) is 59.7 Å². The number of carboxylic acids is 1. The number of carbonyl (C=O) groups is 3. The van der Waals surface area contributed by atoms with Crippen LogP contribution in [0.3, 0.4) is 0 Å². The van der Waals surface area contributed by atoms with Crippen LogP contribution in [0.5, 0.6) is 0 Å². The monoisotopic (exact) mass is 484 g/mol. The lowest BCUT2D eigenvalue weighted by atomic mass is 9.98. The third kappa shape index (κ3) is 4.35. The van der Waals surface area contributed by atoms with Crippen LogP contribution in [0.15, 0.2) is 48.5 Å². The Kier molecular flexibility index (Phi) is 5.94. The Labute approximate surface area is 201 Å². The second-order valence-corrected chi connectivity index (χ2v) is 9.50. The topological polar surface area (TPSA) is 95.9 Å². The van der Waals surface area contributed by atoms with Crippen molar-refractivity contribution in [3.63, 3.8) is 0 Å². The van der Waals surface area contributed by atoms with Crippen LogP contribution in [0.1, 0.15) is 29.9 Å². The van der Waals surface area contributed by atoms with Gasteiger partial charge in [-0.05, 0) is 34.6 Å². The molecule has 1 aliphatic heterocycles. The largest absolute Gasteiger partial charge is 0.481 e. The standard InChI is InChI=1S/C26H26F2N2O5/c27-26(28)21(23(26)24(33)30-10-9-15(13-30)11-22(31)32)12-29-25(34)35-14-20-18-7-3-1-5-16(18)17-6-2-4-8-19(17)20/h1-8,15,20-21,23H,9-14H2,(H,29,34)(H,31,32)/t15?,21-,23-/m0/s1. The Morgan fingerprint density at radius 2 is 1.69 bits per heavy atom. The molecule has 5 rings (SSSR count). The third-order valence-corrected chi connectivity index (χ3v) is 7.34. The number of likely N-dealkylation sites (tertiary alicyclic amines) is 1. The smallest absolute Gasteiger partial charge is 0.407 e. The van der Waals surface area contributed by atoms with Gasteiger partial charge < -0.3 is 20.1 Å². The van der Waals surface area contributed by atoms with Crippen molar-refractivity contribution in [2.24, 2.45) is 17.8 Å². The summed E-state index contributed by atoms with van der Waals surface area (Å²) < 4.78 is 34.1. The molecule has 1 unspecified atom stereocenters. The summed E-state index contributed by atoms with van der Waals surface area (Å²) in [5.74, 6) is -8.01. The molecule has 2 aromatic rings. The Hall–Kier alpha value is -3.49. The van der Waals surface area contributed by atoms with E-state index in [4.69, 9.17) is 9.84 Å². The van der Waals surface area contributed by atoms with Crippen LogP contribution in [0.25, 0.3) is 11.1 Å². The van der Waals surface area contributed by atoms with Crippen LogP contribution in [0.4, 0.5) is 13.6 Å². The van der Waals surface area contributed by atoms with Gasteiger partial charge in [-0.2, -0.15) is 0 Å². The molecule has 9 heteroatoms. The van der Waals surface area contributed by atoms with E-state index in [1.807, 2.05) is 48.5 Å². The fourth-order valence-corrected chi connectivity index (χ4v) is 5.47. The number of alkyl carbamates (subject to hydrolysis) is 1. The number of aliphatic carboxylic acids is 1. The molecule has 7 nitrogen and oxygen atoms in total. The van der Waals surface area contributed by atoms with E-state index in [0.717, 1.165) is 22.3 Å². The predicted octanol–water partition coefficient (Wildman–Crippen LogP) is 3.73. The second-order valence-electron chi connectivity index (χ2n) is 9.50. The molecule has 0 spiro atoms. The molecule has 1 heterocycles. The van der Waals surface area contributed by atoms with Crippen LogP contribution >= 0.6 is 0 Å². The zero-order valence-corrected chi connectivity index (χ0v) is 19.0. The normalized spacial score (nSPS) is 23.9. The molecule has 3 aliphatic rings. The lowest BCUT2D eigenvalue weighted by Gasteiger charge is -2.16. The highest BCUT2D eigenvalue weighted by Gasteiger charge is 2.72. The number of carboxylic acid groups (broad SMARTS) is 1. The molecule has 184 valence electrons. The van der Waals surface area contributed by atoms with Gasteiger partial charge >= 0.3 is 12.1 Å². The number of rotatable bonds is 7. The van der Waals surface area contributed by atoms with Crippen molar-refractivity contribution < 1.29 is 33.0 Å². The Morgan fingerprint density at radius 3 is 2.31 bits per heavy atom. The van der Waals surface area contributed by atoms with E-state index in [9.17, 15) is 23.2 Å². The van der Waals surface area contributed by atoms with Crippen LogP contribution in [0, 0.1) is 17.8 Å². The van der Waals surface area contributed by atoms with Gasteiger partial charge in [0.05, 0.1) is 5.92 Å². The maximum Gasteiger partial charge on any atom is 0.407 e. The first-order valence-corrected chi connectivity index (χ1v) is 11.7. The van der Waals surface area contributed by atoms with E-state index < -0.39 is 35.7 Å². The van der Waals surface area contributed by atoms with E-state index in [-0.39, 0.29) is 44.5 Å². The average Bonchev–Trinajstić information content (AvgIpc) is 3.13. The predicted molar refractivity (Wildman–Crippen MR) is 122 cm³/mol. The summed E-state index contributed by atoms with van der Waals surface area (Å²) in [5, 5.41) is 11.3. The minimum Gasteiger partial charge on any atom is -0.481 e. The molecule has 2 amide bonds. The van der Waals surface area contributed by atoms with E-state index in [1.165, 1.54) is 4.90 Å². The fourth-order valence-electron chi connectivity index (χ4n) is 5.47. The minimum absolute atomic E-state index is 0.0715. The van der Waals surface area contributed by atoms with Crippen molar-refractivity contribution in [1.82, 2.24) is 10.2 Å². The van der Waals surface area contributed by atoms with Gasteiger partial charge in [-0.25, -0.2) is 13.6 Å². The van der Waals surface area contributed by atoms with E-state index in [2.05, 4.69) is 5.32 Å². The summed E-state index contributed by atoms with van der Waals surface area (Å²) in [4.78, 5) is 37.1. The van der Waals surface area contributed by atoms with Gasteiger partial charge in [0.25, 0.3) is 5.92 Å². The summed E-state index contributed by atoms with van der Waals surface area (Å²) in [6.45, 7) is 0.147. The van der Waals surface area contributed by atoms with Crippen LogP contribution in [-0.4, -0.2) is 60.1 Å². The molecule has 0 bridgehead atoms. The van der Waals surface area contributed by atoms with Crippen molar-refractivity contribution in [1.29, 1.82) is 0 Å². The Morgan fingerprint density at radius 1 is 1.06 bits per heavy atom. The van der Waals surface area contributed by atoms with Crippen LogP contribution < -0.4 is 5.32 Å². The molecular weight excluding hydrogens is 458 g/mol. The van der Waals surface area contributed by atoms with Gasteiger partial charge in [-0.15, -0.1) is 0 Å². The lowest BCUT2D eigenvalue weighted by molar-refractivity contribution is -0.139. The number of amides is 2. The maximum absolute atomic E-state index is 14.4. The van der Waals surface area contributed by atoms with Crippen molar-refractivity contribution in [3.8, 4) is 11.1 Å². The van der Waals surface area contributed by atoms with Gasteiger partial charge in [0.2, 0.25) is 5.91 Å². The molecule has 2 aromatic carbocycles. The maximum atomic E-state index is 14.4. The van der Waals surface area contributed by atoms with Crippen LogP contribution in [0.2, 0.25) is 0 Å². The van der Waals surface area contributed by atoms with Gasteiger partial charge in [0, 0.05) is 32.0 Å². The Balaban J connectivity index is 1.14. The summed E-state index contributed by atoms with van der Waals surface area (Å²) in [6.07, 6.45) is -0.403. The zero-order valence-electron chi connectivity index (χ0n) is 19.0. The minimum atomic E-state index is -3.21. The molecule has 2 fully saturated rings. The summed E-state index contributed by atoms with van der Waals surface area (Å²) in [6, 6.07) is 15.8. The summed E-state index contributed by atoms with van der Waals surface area (Å²) in [7, 11) is 0. The number of hydrogen-bond donors (Lipinski definition) is 2. The van der Waals surface area contributed by atoms with Gasteiger partial charge in [-0.1, -0.05) is 48.5 Å². The van der Waals surface area contributed by atoms with Crippen molar-refractivity contribution in [2.45, 2.75) is 24.7 Å². The molecular formula is C26H26F2N2O5. The lowest BCUT2D eigenvalue weighted by Crippen LogP contribution is -2.33. The van der Waals surface area contributed by atoms with Gasteiger partial charge in [0.1, 0.15) is 12.5 Å². The number of hydrogen-bond acceptors (Lipinski definition) is 4. The average molecular weight is 484 g/mol. The number of fused-ring (bicyclic) bond motifs is 3. The van der Waals surface area contributed by atoms with E-state index >= 15 is 0 Å². The first-order chi connectivity index (χ1) is 16.8. The Bertz CT molecular complexity index is 1120. The molecule has 1 saturated heterocycles. The molecule has 0 aromatic heterocycles. The fraction of sp³-hybridized carbons (Fsp3) is 0.423. The van der Waals surface area contributed by atoms with Crippen molar-refractivity contribution in [2.75, 3.05) is 26.2 Å². The number of benzene rings is 2. The number of nitrogens with zero attached hydrogens (tertiary/aromatic N) is 1. The van der Waals surface area contributed by atoms with Crippen LogP contribution in [-0.2, 0) is 14.3 Å². The second kappa shape index (κ2) is 8.94. The van der Waals surface area contributed by atoms with Crippen molar-refractivity contribution >= 4 is 18.0 Å². The number of ether oxygens (including phenoxy) is 1. The molecule has 2 aliphatic carbocycles. The SMILES string of the molecule is O=C(O)CC1CCN(C(=O)[C@@H]2[C@H](CNC(=O)OCC3c4ccccc4-c4ccccc43)C2(F)F)C1. The zero-order chi connectivity index (χ0) is 24.7.